The van der Waals surface area contributed by atoms with E-state index in [2.05, 4.69) is 54.1 Å². The Morgan fingerprint density at radius 1 is 1.19 bits per heavy atom. The molecule has 2 atom stereocenters. The van der Waals surface area contributed by atoms with Crippen molar-refractivity contribution in [1.82, 2.24) is 0 Å². The van der Waals surface area contributed by atoms with Crippen molar-refractivity contribution in [3.8, 4) is 0 Å². The summed E-state index contributed by atoms with van der Waals surface area (Å²) in [6.07, 6.45) is 6.34. The Balaban J connectivity index is 1.86. The molecule has 0 amide bonds. The van der Waals surface area contributed by atoms with E-state index in [4.69, 9.17) is 5.73 Å². The van der Waals surface area contributed by atoms with E-state index in [-0.39, 0.29) is 5.54 Å². The molecule has 114 valence electrons. The van der Waals surface area contributed by atoms with Gasteiger partial charge in [0.1, 0.15) is 0 Å². The molecule has 1 fully saturated rings. The first-order chi connectivity index (χ1) is 10.1. The minimum atomic E-state index is 0.120. The smallest absolute Gasteiger partial charge is 0.196 e. The maximum absolute atomic E-state index is 6.24. The molecule has 3 rings (SSSR count). The van der Waals surface area contributed by atoms with Crippen molar-refractivity contribution in [3.63, 3.8) is 0 Å². The molecule has 1 aliphatic heterocycles. The fourth-order valence-corrected chi connectivity index (χ4v) is 4.06. The van der Waals surface area contributed by atoms with E-state index < -0.39 is 0 Å². The molecule has 2 unspecified atom stereocenters. The van der Waals surface area contributed by atoms with E-state index >= 15 is 0 Å². The lowest BCUT2D eigenvalue weighted by Gasteiger charge is -2.39. The number of benzene rings is 1. The molecule has 1 heterocycles. The van der Waals surface area contributed by atoms with Crippen molar-refractivity contribution in [1.29, 1.82) is 0 Å². The number of guanidine groups is 1. The first-order valence-electron chi connectivity index (χ1n) is 8.28. The summed E-state index contributed by atoms with van der Waals surface area (Å²) in [6, 6.07) is 10.5. The largest absolute Gasteiger partial charge is 0.369 e. The molecule has 1 aliphatic carbocycles. The van der Waals surface area contributed by atoms with Crippen molar-refractivity contribution in [3.05, 3.63) is 30.3 Å². The monoisotopic (exact) mass is 285 g/mol. The van der Waals surface area contributed by atoms with Gasteiger partial charge in [-0.2, -0.15) is 0 Å². The third-order valence-corrected chi connectivity index (χ3v) is 5.39. The molecule has 2 N–H and O–H groups in total. The molecule has 1 spiro atoms. The SMILES string of the molecule is CC(C)C1CCCC2(CC1)CN=C(N)N2c1ccccc1. The number of hydrogen-bond acceptors (Lipinski definition) is 3. The van der Waals surface area contributed by atoms with E-state index in [9.17, 15) is 0 Å². The number of nitrogens with zero attached hydrogens (tertiary/aromatic N) is 2. The molecule has 0 aromatic heterocycles. The Morgan fingerprint density at radius 3 is 2.67 bits per heavy atom. The van der Waals surface area contributed by atoms with Gasteiger partial charge in [-0.1, -0.05) is 44.9 Å². The molecule has 3 heteroatoms. The van der Waals surface area contributed by atoms with Gasteiger partial charge in [0.2, 0.25) is 0 Å². The predicted octanol–water partition coefficient (Wildman–Crippen LogP) is 3.80. The van der Waals surface area contributed by atoms with Crippen LogP contribution < -0.4 is 10.6 Å². The fraction of sp³-hybridized carbons (Fsp3) is 0.611. The number of nitrogens with two attached hydrogens (primary N) is 1. The molecular formula is C18H27N3. The second-order valence-corrected chi connectivity index (χ2v) is 7.00. The van der Waals surface area contributed by atoms with Crippen molar-refractivity contribution >= 4 is 11.6 Å². The van der Waals surface area contributed by atoms with Gasteiger partial charge in [-0.15, -0.1) is 0 Å². The van der Waals surface area contributed by atoms with Crippen LogP contribution >= 0.6 is 0 Å². The highest BCUT2D eigenvalue weighted by molar-refractivity contribution is 5.98. The standard InChI is InChI=1S/C18H27N3/c1-14(2)15-7-6-11-18(12-10-15)13-20-17(19)21(18)16-8-4-3-5-9-16/h3-5,8-9,14-15H,6-7,10-13H2,1-2H3,(H2,19,20). The van der Waals surface area contributed by atoms with Crippen LogP contribution in [0, 0.1) is 11.8 Å². The average molecular weight is 285 g/mol. The van der Waals surface area contributed by atoms with Gasteiger partial charge in [0.25, 0.3) is 0 Å². The quantitative estimate of drug-likeness (QED) is 0.898. The van der Waals surface area contributed by atoms with Crippen LogP contribution in [-0.4, -0.2) is 18.0 Å². The third-order valence-electron chi connectivity index (χ3n) is 5.39. The van der Waals surface area contributed by atoms with Crippen LogP contribution in [-0.2, 0) is 0 Å². The molecule has 0 bridgehead atoms. The molecule has 1 saturated carbocycles. The number of hydrogen-bond donors (Lipinski definition) is 1. The summed E-state index contributed by atoms with van der Waals surface area (Å²) in [5.74, 6) is 2.33. The van der Waals surface area contributed by atoms with Gasteiger partial charge in [0.15, 0.2) is 5.96 Å². The van der Waals surface area contributed by atoms with Crippen molar-refractivity contribution in [2.24, 2.45) is 22.6 Å². The van der Waals surface area contributed by atoms with Gasteiger partial charge < -0.3 is 10.6 Å². The molecule has 21 heavy (non-hydrogen) atoms. The van der Waals surface area contributed by atoms with E-state index in [1.807, 2.05) is 0 Å². The number of para-hydroxylation sites is 1. The van der Waals surface area contributed by atoms with Crippen LogP contribution in [0.5, 0.6) is 0 Å². The summed E-state index contributed by atoms with van der Waals surface area (Å²) in [4.78, 5) is 6.92. The van der Waals surface area contributed by atoms with Crippen molar-refractivity contribution < 1.29 is 0 Å². The maximum Gasteiger partial charge on any atom is 0.196 e. The highest BCUT2D eigenvalue weighted by Gasteiger charge is 2.44. The molecular weight excluding hydrogens is 258 g/mol. The maximum atomic E-state index is 6.24. The summed E-state index contributed by atoms with van der Waals surface area (Å²) < 4.78 is 0. The van der Waals surface area contributed by atoms with Gasteiger partial charge in [-0.05, 0) is 43.2 Å². The van der Waals surface area contributed by atoms with Crippen molar-refractivity contribution in [2.75, 3.05) is 11.4 Å². The van der Waals surface area contributed by atoms with Crippen LogP contribution in [0.15, 0.2) is 35.3 Å². The topological polar surface area (TPSA) is 41.6 Å². The van der Waals surface area contributed by atoms with Crippen molar-refractivity contribution in [2.45, 2.75) is 51.5 Å². The Kier molecular flexibility index (Phi) is 3.92. The number of aliphatic imine (C=N–C) groups is 1. The normalized spacial score (nSPS) is 29.8. The highest BCUT2D eigenvalue weighted by atomic mass is 15.4. The second kappa shape index (κ2) is 5.70. The van der Waals surface area contributed by atoms with E-state index in [0.717, 1.165) is 18.4 Å². The lowest BCUT2D eigenvalue weighted by atomic mass is 9.86. The Morgan fingerprint density at radius 2 is 1.95 bits per heavy atom. The van der Waals surface area contributed by atoms with E-state index in [1.54, 1.807) is 0 Å². The highest BCUT2D eigenvalue weighted by Crippen LogP contribution is 2.41. The molecule has 0 radical (unpaired) electrons. The molecule has 0 saturated heterocycles. The Bertz CT molecular complexity index is 508. The molecule has 1 aromatic rings. The Labute approximate surface area is 128 Å². The first kappa shape index (κ1) is 14.4. The van der Waals surface area contributed by atoms with Gasteiger partial charge in [-0.25, -0.2) is 0 Å². The minimum absolute atomic E-state index is 0.120. The summed E-state index contributed by atoms with van der Waals surface area (Å²) >= 11 is 0. The minimum Gasteiger partial charge on any atom is -0.369 e. The van der Waals surface area contributed by atoms with Gasteiger partial charge in [0, 0.05) is 5.69 Å². The lowest BCUT2D eigenvalue weighted by molar-refractivity contribution is 0.329. The molecule has 3 nitrogen and oxygen atoms in total. The third kappa shape index (κ3) is 2.66. The second-order valence-electron chi connectivity index (χ2n) is 7.00. The summed E-state index contributed by atoms with van der Waals surface area (Å²) in [5, 5.41) is 0. The number of anilines is 1. The predicted molar refractivity (Wildman–Crippen MR) is 89.6 cm³/mol. The average Bonchev–Trinajstić information content (AvgIpc) is 2.67. The van der Waals surface area contributed by atoms with E-state index in [0.29, 0.717) is 5.96 Å². The summed E-state index contributed by atoms with van der Waals surface area (Å²) in [5.41, 5.74) is 7.55. The number of rotatable bonds is 2. The zero-order valence-corrected chi connectivity index (χ0v) is 13.3. The van der Waals surface area contributed by atoms with Crippen LogP contribution in [0.25, 0.3) is 0 Å². The summed E-state index contributed by atoms with van der Waals surface area (Å²) in [7, 11) is 0. The molecule has 1 aromatic carbocycles. The summed E-state index contributed by atoms with van der Waals surface area (Å²) in [6.45, 7) is 5.58. The Hall–Kier alpha value is -1.51. The van der Waals surface area contributed by atoms with Gasteiger partial charge in [0.05, 0.1) is 12.1 Å². The first-order valence-corrected chi connectivity index (χ1v) is 8.28. The lowest BCUT2D eigenvalue weighted by Crippen LogP contribution is -2.51. The zero-order chi connectivity index (χ0) is 14.9. The van der Waals surface area contributed by atoms with Crippen LogP contribution in [0.3, 0.4) is 0 Å². The van der Waals surface area contributed by atoms with Crippen LogP contribution in [0.4, 0.5) is 5.69 Å². The van der Waals surface area contributed by atoms with Gasteiger partial charge in [-0.3, -0.25) is 4.99 Å². The zero-order valence-electron chi connectivity index (χ0n) is 13.3. The van der Waals surface area contributed by atoms with E-state index in [1.165, 1.54) is 37.8 Å². The van der Waals surface area contributed by atoms with Gasteiger partial charge >= 0.3 is 0 Å². The van der Waals surface area contributed by atoms with Crippen LogP contribution in [0.1, 0.15) is 46.0 Å². The van der Waals surface area contributed by atoms with Crippen LogP contribution in [0.2, 0.25) is 0 Å². The fourth-order valence-electron chi connectivity index (χ4n) is 4.06. The molecule has 2 aliphatic rings.